The van der Waals surface area contributed by atoms with Crippen molar-refractivity contribution >= 4 is 30.0 Å². The number of nitrogens with two attached hydrogens (primary N) is 1. The number of hydrogen-bond acceptors (Lipinski definition) is 4. The topological polar surface area (TPSA) is 74.0 Å². The smallest absolute Gasteiger partial charge is 0.321 e. The fourth-order valence-electron chi connectivity index (χ4n) is 3.90. The fourth-order valence-corrected chi connectivity index (χ4v) is 3.90. The standard InChI is InChI=1S/C22H27N5O.ClH/c23-27-15-12-24-21(27)19-8-6-17(7-9-19)16-18-10-13-26(14-11-18)22(28)25-20-4-2-1-3-5-20;/h1-9,18H,10-16,23H2,(H,25,28);1H. The fraction of sp³-hybridized carbons (Fsp3) is 0.364. The minimum Gasteiger partial charge on any atom is -0.325 e. The van der Waals surface area contributed by atoms with E-state index in [1.54, 1.807) is 5.01 Å². The summed E-state index contributed by atoms with van der Waals surface area (Å²) in [5, 5.41) is 4.69. The maximum absolute atomic E-state index is 12.4. The largest absolute Gasteiger partial charge is 0.325 e. The number of carbonyl (C=O) groups excluding carboxylic acids is 1. The highest BCUT2D eigenvalue weighted by Crippen LogP contribution is 2.23. The SMILES string of the molecule is Cl.NN1CCN=C1c1ccc(CC2CCN(C(=O)Nc3ccccc3)CC2)cc1. The number of rotatable bonds is 4. The van der Waals surface area contributed by atoms with Crippen LogP contribution in [-0.2, 0) is 6.42 Å². The summed E-state index contributed by atoms with van der Waals surface area (Å²) in [4.78, 5) is 18.8. The van der Waals surface area contributed by atoms with Crippen molar-refractivity contribution in [3.8, 4) is 0 Å². The van der Waals surface area contributed by atoms with Gasteiger partial charge in [0.1, 0.15) is 5.84 Å². The highest BCUT2D eigenvalue weighted by molar-refractivity contribution is 5.99. The summed E-state index contributed by atoms with van der Waals surface area (Å²) >= 11 is 0. The third-order valence-electron chi connectivity index (χ3n) is 5.54. The molecule has 0 aromatic heterocycles. The predicted molar refractivity (Wildman–Crippen MR) is 119 cm³/mol. The summed E-state index contributed by atoms with van der Waals surface area (Å²) in [7, 11) is 0. The van der Waals surface area contributed by atoms with Crippen LogP contribution in [0.1, 0.15) is 24.0 Å². The molecule has 7 heteroatoms. The number of hydrazine groups is 1. The van der Waals surface area contributed by atoms with Crippen LogP contribution < -0.4 is 11.2 Å². The van der Waals surface area contributed by atoms with E-state index in [0.29, 0.717) is 5.92 Å². The number of halogens is 1. The number of carbonyl (C=O) groups is 1. The molecule has 1 saturated heterocycles. The van der Waals surface area contributed by atoms with Crippen LogP contribution in [0.5, 0.6) is 0 Å². The Hall–Kier alpha value is -2.57. The molecular formula is C22H28ClN5O. The first-order valence-electron chi connectivity index (χ1n) is 9.96. The average molecular weight is 414 g/mol. The van der Waals surface area contributed by atoms with Gasteiger partial charge in [-0.05, 0) is 42.9 Å². The lowest BCUT2D eigenvalue weighted by molar-refractivity contribution is 0.182. The lowest BCUT2D eigenvalue weighted by Crippen LogP contribution is -2.41. The maximum Gasteiger partial charge on any atom is 0.321 e. The number of amides is 2. The molecule has 0 aliphatic carbocycles. The van der Waals surface area contributed by atoms with Crippen molar-refractivity contribution in [3.63, 3.8) is 0 Å². The first-order valence-corrected chi connectivity index (χ1v) is 9.96. The molecule has 0 atom stereocenters. The van der Waals surface area contributed by atoms with E-state index >= 15 is 0 Å². The van der Waals surface area contributed by atoms with Gasteiger partial charge in [-0.15, -0.1) is 12.4 Å². The molecule has 2 aromatic rings. The van der Waals surface area contributed by atoms with E-state index in [1.807, 2.05) is 35.2 Å². The van der Waals surface area contributed by atoms with Gasteiger partial charge in [0, 0.05) is 24.3 Å². The Morgan fingerprint density at radius 2 is 1.72 bits per heavy atom. The minimum absolute atomic E-state index is 0. The maximum atomic E-state index is 12.4. The van der Waals surface area contributed by atoms with E-state index in [9.17, 15) is 4.79 Å². The van der Waals surface area contributed by atoms with Gasteiger partial charge in [0.25, 0.3) is 0 Å². The van der Waals surface area contributed by atoms with Crippen molar-refractivity contribution in [1.29, 1.82) is 0 Å². The van der Waals surface area contributed by atoms with Crippen LogP contribution in [0.25, 0.3) is 0 Å². The molecule has 2 aromatic carbocycles. The lowest BCUT2D eigenvalue weighted by atomic mass is 9.90. The van der Waals surface area contributed by atoms with E-state index in [4.69, 9.17) is 5.84 Å². The number of urea groups is 1. The first-order chi connectivity index (χ1) is 13.7. The molecule has 2 amide bonds. The average Bonchev–Trinajstić information content (AvgIpc) is 3.16. The van der Waals surface area contributed by atoms with Crippen molar-refractivity contribution in [3.05, 3.63) is 65.7 Å². The predicted octanol–water partition coefficient (Wildman–Crippen LogP) is 3.53. The number of nitrogens with zero attached hydrogens (tertiary/aromatic N) is 3. The van der Waals surface area contributed by atoms with Crippen LogP contribution in [0, 0.1) is 5.92 Å². The van der Waals surface area contributed by atoms with E-state index in [0.717, 1.165) is 62.5 Å². The molecule has 29 heavy (non-hydrogen) atoms. The molecule has 154 valence electrons. The summed E-state index contributed by atoms with van der Waals surface area (Å²) in [5.41, 5.74) is 3.26. The highest BCUT2D eigenvalue weighted by atomic mass is 35.5. The van der Waals surface area contributed by atoms with E-state index < -0.39 is 0 Å². The number of piperidine rings is 1. The Kier molecular flexibility index (Phi) is 7.12. The molecule has 2 heterocycles. The second kappa shape index (κ2) is 9.76. The van der Waals surface area contributed by atoms with Gasteiger partial charge in [0.05, 0.1) is 13.1 Å². The second-order valence-corrected chi connectivity index (χ2v) is 7.53. The number of hydrogen-bond donors (Lipinski definition) is 2. The first kappa shape index (κ1) is 21.1. The summed E-state index contributed by atoms with van der Waals surface area (Å²) in [6.07, 6.45) is 3.12. The van der Waals surface area contributed by atoms with Crippen molar-refractivity contribution in [2.75, 3.05) is 31.5 Å². The second-order valence-electron chi connectivity index (χ2n) is 7.53. The Balaban J connectivity index is 0.00000240. The number of nitrogens with one attached hydrogen (secondary N) is 1. The zero-order chi connectivity index (χ0) is 19.3. The molecule has 0 radical (unpaired) electrons. The van der Waals surface area contributed by atoms with Gasteiger partial charge in [0.15, 0.2) is 0 Å². The van der Waals surface area contributed by atoms with E-state index in [-0.39, 0.29) is 18.4 Å². The van der Waals surface area contributed by atoms with Gasteiger partial charge in [0.2, 0.25) is 0 Å². The Morgan fingerprint density at radius 3 is 2.34 bits per heavy atom. The van der Waals surface area contributed by atoms with Crippen LogP contribution in [0.15, 0.2) is 59.6 Å². The molecule has 2 aliphatic rings. The van der Waals surface area contributed by atoms with Gasteiger partial charge in [-0.1, -0.05) is 42.5 Å². The number of anilines is 1. The normalized spacial score (nSPS) is 16.9. The molecule has 0 spiro atoms. The van der Waals surface area contributed by atoms with E-state index in [2.05, 4.69) is 34.6 Å². The van der Waals surface area contributed by atoms with Crippen LogP contribution in [-0.4, -0.2) is 48.0 Å². The minimum atomic E-state index is -0.00215. The van der Waals surface area contributed by atoms with Gasteiger partial charge in [-0.3, -0.25) is 10.0 Å². The van der Waals surface area contributed by atoms with E-state index in [1.165, 1.54) is 5.56 Å². The van der Waals surface area contributed by atoms with Gasteiger partial charge >= 0.3 is 6.03 Å². The number of benzene rings is 2. The third kappa shape index (κ3) is 5.28. The van der Waals surface area contributed by atoms with Gasteiger partial charge in [-0.25, -0.2) is 10.6 Å². The summed E-state index contributed by atoms with van der Waals surface area (Å²) in [6.45, 7) is 3.16. The van der Waals surface area contributed by atoms with Crippen LogP contribution in [0.4, 0.5) is 10.5 Å². The van der Waals surface area contributed by atoms with Crippen LogP contribution in [0.2, 0.25) is 0 Å². The molecule has 2 aliphatic heterocycles. The van der Waals surface area contributed by atoms with Crippen LogP contribution in [0.3, 0.4) is 0 Å². The Labute approximate surface area is 178 Å². The molecule has 3 N–H and O–H groups in total. The van der Waals surface area contributed by atoms with Crippen molar-refractivity contribution in [2.24, 2.45) is 16.8 Å². The van der Waals surface area contributed by atoms with Crippen molar-refractivity contribution < 1.29 is 4.79 Å². The molecule has 0 bridgehead atoms. The monoisotopic (exact) mass is 413 g/mol. The summed E-state index contributed by atoms with van der Waals surface area (Å²) in [5.74, 6) is 7.44. The Bertz CT molecular complexity index is 832. The number of amidine groups is 1. The number of para-hydroxylation sites is 1. The third-order valence-corrected chi connectivity index (χ3v) is 5.54. The van der Waals surface area contributed by atoms with Crippen LogP contribution >= 0.6 is 12.4 Å². The quantitative estimate of drug-likeness (QED) is 0.753. The molecule has 6 nitrogen and oxygen atoms in total. The molecule has 0 saturated carbocycles. The summed E-state index contributed by atoms with van der Waals surface area (Å²) < 4.78 is 0. The van der Waals surface area contributed by atoms with Gasteiger partial charge in [-0.2, -0.15) is 0 Å². The number of aliphatic imine (C=N–C) groups is 1. The molecule has 4 rings (SSSR count). The van der Waals surface area contributed by atoms with Gasteiger partial charge < -0.3 is 10.2 Å². The highest BCUT2D eigenvalue weighted by Gasteiger charge is 2.23. The zero-order valence-corrected chi connectivity index (χ0v) is 17.3. The zero-order valence-electron chi connectivity index (χ0n) is 16.5. The lowest BCUT2D eigenvalue weighted by Gasteiger charge is -2.32. The number of likely N-dealkylation sites (tertiary alicyclic amines) is 1. The Morgan fingerprint density at radius 1 is 1.03 bits per heavy atom. The molecule has 0 unspecified atom stereocenters. The molecule has 1 fully saturated rings. The van der Waals surface area contributed by atoms with Crippen molar-refractivity contribution in [1.82, 2.24) is 9.91 Å². The van der Waals surface area contributed by atoms with Crippen molar-refractivity contribution in [2.45, 2.75) is 19.3 Å². The molecular weight excluding hydrogens is 386 g/mol. The summed E-state index contributed by atoms with van der Waals surface area (Å²) in [6, 6.07) is 18.2.